The van der Waals surface area contributed by atoms with Crippen LogP contribution in [0.5, 0.6) is 11.5 Å². The van der Waals surface area contributed by atoms with Crippen molar-refractivity contribution < 1.29 is 19.1 Å². The van der Waals surface area contributed by atoms with Gasteiger partial charge in [0.2, 0.25) is 5.91 Å². The molecule has 0 spiro atoms. The lowest BCUT2D eigenvalue weighted by molar-refractivity contribution is -0.123. The number of hydrogen-bond acceptors (Lipinski definition) is 5. The summed E-state index contributed by atoms with van der Waals surface area (Å²) in [6.07, 6.45) is -0.184. The Hall–Kier alpha value is -2.90. The molecule has 0 aliphatic carbocycles. The molecule has 136 valence electrons. The van der Waals surface area contributed by atoms with Gasteiger partial charge in [-0.1, -0.05) is 12.1 Å². The van der Waals surface area contributed by atoms with Gasteiger partial charge in [-0.15, -0.1) is 0 Å². The molecule has 0 bridgehead atoms. The molecule has 1 aliphatic rings. The van der Waals surface area contributed by atoms with Crippen molar-refractivity contribution >= 4 is 17.5 Å². The number of carbonyl (C=O) groups excluding carboxylic acids is 2. The van der Waals surface area contributed by atoms with Crippen LogP contribution in [-0.4, -0.2) is 37.1 Å². The van der Waals surface area contributed by atoms with E-state index in [9.17, 15) is 9.59 Å². The Balaban J connectivity index is 1.65. The summed E-state index contributed by atoms with van der Waals surface area (Å²) >= 11 is 0. The first kappa shape index (κ1) is 17.9. The summed E-state index contributed by atoms with van der Waals surface area (Å²) in [6.45, 7) is 3.11. The summed E-state index contributed by atoms with van der Waals surface area (Å²) in [4.78, 5) is 23.8. The summed E-state index contributed by atoms with van der Waals surface area (Å²) in [7, 11) is 0. The average Bonchev–Trinajstić information content (AvgIpc) is 2.64. The molecule has 2 amide bonds. The quantitative estimate of drug-likeness (QED) is 0.760. The Morgan fingerprint density at radius 1 is 1.19 bits per heavy atom. The second-order valence-electron chi connectivity index (χ2n) is 5.98. The number of primary amides is 1. The molecule has 0 aromatic heterocycles. The van der Waals surface area contributed by atoms with E-state index in [1.54, 1.807) is 48.5 Å². The number of carbonyl (C=O) groups is 2. The molecule has 7 heteroatoms. The van der Waals surface area contributed by atoms with Crippen molar-refractivity contribution in [2.24, 2.45) is 5.73 Å². The highest BCUT2D eigenvalue weighted by atomic mass is 16.5. The molecule has 0 radical (unpaired) electrons. The first-order chi connectivity index (χ1) is 12.5. The third-order valence-corrected chi connectivity index (χ3v) is 4.10. The molecule has 1 aliphatic heterocycles. The lowest BCUT2D eigenvalue weighted by Gasteiger charge is -2.29. The number of ether oxygens (including phenoxy) is 2. The van der Waals surface area contributed by atoms with Gasteiger partial charge in [0.05, 0.1) is 18.3 Å². The van der Waals surface area contributed by atoms with Crippen molar-refractivity contribution in [3.8, 4) is 11.5 Å². The van der Waals surface area contributed by atoms with Gasteiger partial charge in [-0.3, -0.25) is 9.59 Å². The molecule has 0 unspecified atom stereocenters. The fourth-order valence-electron chi connectivity index (χ4n) is 2.74. The standard InChI is InChI=1S/C19H21N3O4/c1-12-17(21-10-11-25-12)19(24)22-13-6-8-14(9-7-13)26-16-5-3-2-4-15(16)18(20)23/h2-9,12,17,21H,10-11H2,1H3,(H2,20,23)(H,22,24)/t12-,17+/m1/s1. The van der Waals surface area contributed by atoms with Crippen LogP contribution in [0.4, 0.5) is 5.69 Å². The van der Waals surface area contributed by atoms with Gasteiger partial charge in [-0.25, -0.2) is 0 Å². The van der Waals surface area contributed by atoms with Crippen LogP contribution < -0.4 is 21.1 Å². The monoisotopic (exact) mass is 355 g/mol. The summed E-state index contributed by atoms with van der Waals surface area (Å²) in [5.74, 6) is 0.212. The molecule has 2 aromatic rings. The number of para-hydroxylation sites is 1. The molecule has 7 nitrogen and oxygen atoms in total. The second kappa shape index (κ2) is 7.99. The second-order valence-corrected chi connectivity index (χ2v) is 5.98. The van der Waals surface area contributed by atoms with Crippen LogP contribution in [0.25, 0.3) is 0 Å². The van der Waals surface area contributed by atoms with Gasteiger partial charge in [-0.2, -0.15) is 0 Å². The summed E-state index contributed by atoms with van der Waals surface area (Å²) in [6, 6.07) is 13.2. The van der Waals surface area contributed by atoms with Crippen LogP contribution in [0, 0.1) is 0 Å². The number of hydrogen-bond donors (Lipinski definition) is 3. The van der Waals surface area contributed by atoms with Gasteiger partial charge in [0.15, 0.2) is 0 Å². The third-order valence-electron chi connectivity index (χ3n) is 4.10. The van der Waals surface area contributed by atoms with Gasteiger partial charge in [0.25, 0.3) is 5.91 Å². The Kier molecular flexibility index (Phi) is 5.50. The zero-order valence-electron chi connectivity index (χ0n) is 14.4. The van der Waals surface area contributed by atoms with E-state index in [1.165, 1.54) is 0 Å². The van der Waals surface area contributed by atoms with Gasteiger partial charge in [-0.05, 0) is 43.3 Å². The van der Waals surface area contributed by atoms with Crippen molar-refractivity contribution in [2.75, 3.05) is 18.5 Å². The maximum Gasteiger partial charge on any atom is 0.252 e. The highest BCUT2D eigenvalue weighted by Crippen LogP contribution is 2.26. The maximum atomic E-state index is 12.3. The van der Waals surface area contributed by atoms with Crippen molar-refractivity contribution in [3.63, 3.8) is 0 Å². The maximum absolute atomic E-state index is 12.3. The molecule has 1 fully saturated rings. The number of morpholine rings is 1. The van der Waals surface area contributed by atoms with Crippen molar-refractivity contribution in [1.29, 1.82) is 0 Å². The van der Waals surface area contributed by atoms with Crippen LogP contribution in [0.1, 0.15) is 17.3 Å². The van der Waals surface area contributed by atoms with E-state index in [2.05, 4.69) is 10.6 Å². The SMILES string of the molecule is C[C@H]1OCCN[C@@H]1C(=O)Nc1ccc(Oc2ccccc2C(N)=O)cc1. The van der Waals surface area contributed by atoms with Crippen LogP contribution in [0.15, 0.2) is 48.5 Å². The molecule has 2 atom stereocenters. The number of nitrogens with two attached hydrogens (primary N) is 1. The molecule has 1 heterocycles. The van der Waals surface area contributed by atoms with E-state index in [0.717, 1.165) is 0 Å². The van der Waals surface area contributed by atoms with E-state index in [0.29, 0.717) is 35.9 Å². The van der Waals surface area contributed by atoms with Gasteiger partial charge in [0.1, 0.15) is 17.5 Å². The molecule has 0 saturated carbocycles. The number of anilines is 1. The first-order valence-electron chi connectivity index (χ1n) is 8.37. The fourth-order valence-corrected chi connectivity index (χ4v) is 2.74. The molecule has 3 rings (SSSR count). The van der Waals surface area contributed by atoms with Crippen LogP contribution in [0.2, 0.25) is 0 Å². The first-order valence-corrected chi connectivity index (χ1v) is 8.37. The molecule has 26 heavy (non-hydrogen) atoms. The van der Waals surface area contributed by atoms with E-state index >= 15 is 0 Å². The van der Waals surface area contributed by atoms with Crippen LogP contribution in [0.3, 0.4) is 0 Å². The van der Waals surface area contributed by atoms with Crippen molar-refractivity contribution in [1.82, 2.24) is 5.32 Å². The topological polar surface area (TPSA) is 103 Å². The minimum Gasteiger partial charge on any atom is -0.457 e. The largest absolute Gasteiger partial charge is 0.457 e. The minimum atomic E-state index is -0.555. The number of nitrogens with one attached hydrogen (secondary N) is 2. The smallest absolute Gasteiger partial charge is 0.252 e. The van der Waals surface area contributed by atoms with Gasteiger partial charge in [0, 0.05) is 12.2 Å². The van der Waals surface area contributed by atoms with Crippen LogP contribution >= 0.6 is 0 Å². The summed E-state index contributed by atoms with van der Waals surface area (Å²) in [5, 5.41) is 6.00. The van der Waals surface area contributed by atoms with Crippen LogP contribution in [-0.2, 0) is 9.53 Å². The predicted octanol–water partition coefficient (Wildman–Crippen LogP) is 1.89. The molecule has 1 saturated heterocycles. The molecule has 4 N–H and O–H groups in total. The number of rotatable bonds is 5. The number of amides is 2. The zero-order valence-corrected chi connectivity index (χ0v) is 14.4. The lowest BCUT2D eigenvalue weighted by Crippen LogP contribution is -2.53. The Morgan fingerprint density at radius 2 is 1.92 bits per heavy atom. The predicted molar refractivity (Wildman–Crippen MR) is 97.3 cm³/mol. The number of benzene rings is 2. The van der Waals surface area contributed by atoms with Gasteiger partial charge >= 0.3 is 0 Å². The highest BCUT2D eigenvalue weighted by Gasteiger charge is 2.28. The van der Waals surface area contributed by atoms with Crippen molar-refractivity contribution in [2.45, 2.75) is 19.1 Å². The normalized spacial score (nSPS) is 19.6. The van der Waals surface area contributed by atoms with Crippen molar-refractivity contribution in [3.05, 3.63) is 54.1 Å². The third kappa shape index (κ3) is 4.19. The lowest BCUT2D eigenvalue weighted by atomic mass is 10.1. The average molecular weight is 355 g/mol. The molecule has 2 aromatic carbocycles. The Labute approximate surface area is 151 Å². The molecular weight excluding hydrogens is 334 g/mol. The van der Waals surface area contributed by atoms with Gasteiger partial charge < -0.3 is 25.8 Å². The van der Waals surface area contributed by atoms with E-state index < -0.39 is 5.91 Å². The van der Waals surface area contributed by atoms with E-state index in [1.807, 2.05) is 6.92 Å². The van der Waals surface area contributed by atoms with E-state index in [4.69, 9.17) is 15.2 Å². The Bertz CT molecular complexity index is 792. The fraction of sp³-hybridized carbons (Fsp3) is 0.263. The molecular formula is C19H21N3O4. The summed E-state index contributed by atoms with van der Waals surface area (Å²) in [5.41, 5.74) is 6.30. The van der Waals surface area contributed by atoms with E-state index in [-0.39, 0.29) is 18.1 Å². The zero-order chi connectivity index (χ0) is 18.5. The highest BCUT2D eigenvalue weighted by molar-refractivity contribution is 5.96. The minimum absolute atomic E-state index is 0.148. The Morgan fingerprint density at radius 3 is 2.62 bits per heavy atom. The summed E-state index contributed by atoms with van der Waals surface area (Å²) < 4.78 is 11.2.